The van der Waals surface area contributed by atoms with Gasteiger partial charge in [0.2, 0.25) is 5.91 Å². The molecule has 0 aromatic carbocycles. The molecule has 1 fully saturated rings. The van der Waals surface area contributed by atoms with E-state index < -0.39 is 0 Å². The van der Waals surface area contributed by atoms with Crippen LogP contribution in [-0.2, 0) is 11.2 Å². The number of carbonyl (C=O) groups is 1. The SMILES string of the molecule is CN(C)C/C=C/C(=O)NC(Cc1cccnc1)C1CCCC1. The van der Waals surface area contributed by atoms with Gasteiger partial charge in [-0.2, -0.15) is 0 Å². The summed E-state index contributed by atoms with van der Waals surface area (Å²) in [5.74, 6) is 0.606. The molecular formula is C18H27N3O. The summed E-state index contributed by atoms with van der Waals surface area (Å²) in [6.07, 6.45) is 13.1. The molecule has 1 amide bonds. The molecule has 0 radical (unpaired) electrons. The van der Waals surface area contributed by atoms with Crippen LogP contribution in [0, 0.1) is 5.92 Å². The fourth-order valence-corrected chi connectivity index (χ4v) is 3.07. The number of nitrogens with one attached hydrogen (secondary N) is 1. The third kappa shape index (κ3) is 5.60. The number of rotatable bonds is 7. The van der Waals surface area contributed by atoms with E-state index in [2.05, 4.69) is 16.4 Å². The van der Waals surface area contributed by atoms with E-state index in [-0.39, 0.29) is 11.9 Å². The summed E-state index contributed by atoms with van der Waals surface area (Å²) in [5, 5.41) is 3.21. The minimum atomic E-state index is 0.0163. The third-order valence-corrected chi connectivity index (χ3v) is 4.21. The van der Waals surface area contributed by atoms with Crippen LogP contribution in [0.2, 0.25) is 0 Å². The number of carbonyl (C=O) groups excluding carboxylic acids is 1. The molecule has 0 bridgehead atoms. The Balaban J connectivity index is 1.95. The molecule has 1 unspecified atom stereocenters. The van der Waals surface area contributed by atoms with Crippen molar-refractivity contribution in [1.29, 1.82) is 0 Å². The number of amides is 1. The zero-order chi connectivity index (χ0) is 15.8. The predicted octanol–water partition coefficient (Wildman–Crippen LogP) is 2.42. The fourth-order valence-electron chi connectivity index (χ4n) is 3.07. The van der Waals surface area contributed by atoms with Crippen LogP contribution in [0.3, 0.4) is 0 Å². The molecule has 0 saturated heterocycles. The Kier molecular flexibility index (Phi) is 6.59. The van der Waals surface area contributed by atoms with Gasteiger partial charge in [-0.05, 0) is 50.9 Å². The van der Waals surface area contributed by atoms with Crippen molar-refractivity contribution in [2.75, 3.05) is 20.6 Å². The summed E-state index contributed by atoms with van der Waals surface area (Å²) in [6.45, 7) is 0.782. The summed E-state index contributed by atoms with van der Waals surface area (Å²) in [4.78, 5) is 18.4. The highest BCUT2D eigenvalue weighted by Gasteiger charge is 2.26. The highest BCUT2D eigenvalue weighted by Crippen LogP contribution is 2.29. The zero-order valence-corrected chi connectivity index (χ0v) is 13.7. The maximum atomic E-state index is 12.1. The Bertz CT molecular complexity index is 478. The number of nitrogens with zero attached hydrogens (tertiary/aromatic N) is 2. The van der Waals surface area contributed by atoms with Crippen molar-refractivity contribution in [1.82, 2.24) is 15.2 Å². The monoisotopic (exact) mass is 301 g/mol. The van der Waals surface area contributed by atoms with Crippen LogP contribution in [0.15, 0.2) is 36.7 Å². The van der Waals surface area contributed by atoms with Gasteiger partial charge >= 0.3 is 0 Å². The molecule has 120 valence electrons. The van der Waals surface area contributed by atoms with Gasteiger partial charge in [0.1, 0.15) is 0 Å². The molecule has 1 atom stereocenters. The molecule has 22 heavy (non-hydrogen) atoms. The lowest BCUT2D eigenvalue weighted by Crippen LogP contribution is -2.40. The second-order valence-corrected chi connectivity index (χ2v) is 6.39. The van der Waals surface area contributed by atoms with E-state index in [9.17, 15) is 4.79 Å². The van der Waals surface area contributed by atoms with Gasteiger partial charge in [-0.25, -0.2) is 0 Å². The number of aromatic nitrogens is 1. The van der Waals surface area contributed by atoms with Gasteiger partial charge in [0.15, 0.2) is 0 Å². The van der Waals surface area contributed by atoms with Crippen molar-refractivity contribution >= 4 is 5.91 Å². The summed E-state index contributed by atoms with van der Waals surface area (Å²) in [6, 6.07) is 4.26. The van der Waals surface area contributed by atoms with Crippen molar-refractivity contribution < 1.29 is 4.79 Å². The molecule has 1 N–H and O–H groups in total. The van der Waals surface area contributed by atoms with E-state index in [0.29, 0.717) is 5.92 Å². The van der Waals surface area contributed by atoms with Gasteiger partial charge in [0, 0.05) is 31.1 Å². The first-order valence-corrected chi connectivity index (χ1v) is 8.16. The molecule has 1 aromatic rings. The lowest BCUT2D eigenvalue weighted by atomic mass is 9.92. The number of likely N-dealkylation sites (N-methyl/N-ethyl adjacent to an activating group) is 1. The molecule has 4 nitrogen and oxygen atoms in total. The highest BCUT2D eigenvalue weighted by molar-refractivity contribution is 5.87. The molecule has 0 spiro atoms. The molecule has 2 rings (SSSR count). The summed E-state index contributed by atoms with van der Waals surface area (Å²) in [5.41, 5.74) is 1.19. The summed E-state index contributed by atoms with van der Waals surface area (Å²) in [7, 11) is 3.98. The smallest absolute Gasteiger partial charge is 0.243 e. The molecule has 4 heteroatoms. The van der Waals surface area contributed by atoms with E-state index >= 15 is 0 Å². The highest BCUT2D eigenvalue weighted by atomic mass is 16.1. The van der Waals surface area contributed by atoms with Gasteiger partial charge in [0.25, 0.3) is 0 Å². The van der Waals surface area contributed by atoms with E-state index in [0.717, 1.165) is 13.0 Å². The van der Waals surface area contributed by atoms with Crippen LogP contribution in [-0.4, -0.2) is 42.5 Å². The normalized spacial score (nSPS) is 17.2. The minimum absolute atomic E-state index is 0.0163. The minimum Gasteiger partial charge on any atom is -0.349 e. The first-order chi connectivity index (χ1) is 10.6. The van der Waals surface area contributed by atoms with Crippen molar-refractivity contribution in [2.45, 2.75) is 38.1 Å². The quantitative estimate of drug-likeness (QED) is 0.787. The van der Waals surface area contributed by atoms with Crippen molar-refractivity contribution in [3.63, 3.8) is 0 Å². The lowest BCUT2D eigenvalue weighted by molar-refractivity contribution is -0.117. The molecule has 1 heterocycles. The Morgan fingerprint density at radius 2 is 2.23 bits per heavy atom. The molecule has 1 saturated carbocycles. The van der Waals surface area contributed by atoms with Crippen molar-refractivity contribution in [3.05, 3.63) is 42.2 Å². The molecular weight excluding hydrogens is 274 g/mol. The Hall–Kier alpha value is -1.68. The van der Waals surface area contributed by atoms with Gasteiger partial charge < -0.3 is 10.2 Å². The maximum absolute atomic E-state index is 12.1. The van der Waals surface area contributed by atoms with Gasteiger partial charge in [-0.3, -0.25) is 9.78 Å². The molecule has 1 aliphatic rings. The van der Waals surface area contributed by atoms with Gasteiger partial charge in [-0.15, -0.1) is 0 Å². The summed E-state index contributed by atoms with van der Waals surface area (Å²) < 4.78 is 0. The fraction of sp³-hybridized carbons (Fsp3) is 0.556. The lowest BCUT2D eigenvalue weighted by Gasteiger charge is -2.24. The predicted molar refractivity (Wildman–Crippen MR) is 89.5 cm³/mol. The van der Waals surface area contributed by atoms with Crippen molar-refractivity contribution in [3.8, 4) is 0 Å². The number of pyridine rings is 1. The largest absolute Gasteiger partial charge is 0.349 e. The first-order valence-electron chi connectivity index (χ1n) is 8.16. The van der Waals surface area contributed by atoms with E-state index in [1.165, 1.54) is 31.2 Å². The van der Waals surface area contributed by atoms with E-state index in [1.54, 1.807) is 12.3 Å². The number of hydrogen-bond acceptors (Lipinski definition) is 3. The van der Waals surface area contributed by atoms with Gasteiger partial charge in [-0.1, -0.05) is 25.0 Å². The van der Waals surface area contributed by atoms with Crippen LogP contribution in [0.1, 0.15) is 31.2 Å². The van der Waals surface area contributed by atoms with Crippen molar-refractivity contribution in [2.24, 2.45) is 5.92 Å². The standard InChI is InChI=1S/C18H27N3O/c1-21(2)12-6-10-18(22)20-17(16-8-3-4-9-16)13-15-7-5-11-19-14-15/h5-7,10-11,14,16-17H,3-4,8-9,12-13H2,1-2H3,(H,20,22)/b10-6+. The second kappa shape index (κ2) is 8.69. The Morgan fingerprint density at radius 1 is 1.45 bits per heavy atom. The topological polar surface area (TPSA) is 45.2 Å². The Morgan fingerprint density at radius 3 is 2.86 bits per heavy atom. The average molecular weight is 301 g/mol. The molecule has 1 aromatic heterocycles. The van der Waals surface area contributed by atoms with Crippen LogP contribution in [0.5, 0.6) is 0 Å². The van der Waals surface area contributed by atoms with Gasteiger partial charge in [0.05, 0.1) is 0 Å². The Labute approximate surface area is 133 Å². The maximum Gasteiger partial charge on any atom is 0.243 e. The van der Waals surface area contributed by atoms with Crippen LogP contribution in [0.4, 0.5) is 0 Å². The van der Waals surface area contributed by atoms with E-state index in [4.69, 9.17) is 0 Å². The molecule has 1 aliphatic carbocycles. The molecule has 0 aliphatic heterocycles. The first kappa shape index (κ1) is 16.7. The van der Waals surface area contributed by atoms with Crippen LogP contribution < -0.4 is 5.32 Å². The number of hydrogen-bond donors (Lipinski definition) is 1. The average Bonchev–Trinajstić information content (AvgIpc) is 3.01. The third-order valence-electron chi connectivity index (χ3n) is 4.21. The van der Waals surface area contributed by atoms with E-state index in [1.807, 2.05) is 37.3 Å². The van der Waals surface area contributed by atoms with Crippen LogP contribution >= 0.6 is 0 Å². The second-order valence-electron chi connectivity index (χ2n) is 6.39. The zero-order valence-electron chi connectivity index (χ0n) is 13.7. The van der Waals surface area contributed by atoms with Crippen LogP contribution in [0.25, 0.3) is 0 Å². The summed E-state index contributed by atoms with van der Waals surface area (Å²) >= 11 is 0.